The van der Waals surface area contributed by atoms with Crippen molar-refractivity contribution in [2.24, 2.45) is 35.5 Å². The molecule has 4 bridgehead atoms. The normalized spacial score (nSPS) is 39.2. The molecule has 8 fully saturated rings. The summed E-state index contributed by atoms with van der Waals surface area (Å²) in [5.74, 6) is -6.27. The predicted molar refractivity (Wildman–Crippen MR) is 217 cm³/mol. The molecule has 2 aliphatic carbocycles. The van der Waals surface area contributed by atoms with Gasteiger partial charge in [-0.2, -0.15) is 26.3 Å². The lowest BCUT2D eigenvalue weighted by Crippen LogP contribution is -2.68. The number of alkyl halides is 6. The average molecular weight is 905 g/mol. The average Bonchev–Trinajstić information content (AvgIpc) is 3.63. The Kier molecular flexibility index (Phi) is 11.3. The molecule has 12 rings (SSSR count). The van der Waals surface area contributed by atoms with Crippen molar-refractivity contribution >= 4 is 0 Å². The summed E-state index contributed by atoms with van der Waals surface area (Å²) in [6.07, 6.45) is -8.01. The number of fused-ring (bicyclic) bond motifs is 4. The minimum absolute atomic E-state index is 0.0639. The molecule has 2 aromatic carbocycles. The van der Waals surface area contributed by atoms with Crippen molar-refractivity contribution < 1.29 is 64.8 Å². The molecule has 350 valence electrons. The summed E-state index contributed by atoms with van der Waals surface area (Å²) in [5, 5.41) is 0. The number of allylic oxidation sites excluding steroid dienone is 2. The zero-order valence-corrected chi connectivity index (χ0v) is 36.7. The molecule has 0 aromatic heterocycles. The summed E-state index contributed by atoms with van der Waals surface area (Å²) in [4.78, 5) is 28.3. The van der Waals surface area contributed by atoms with Crippen LogP contribution in [0, 0.1) is 35.5 Å². The van der Waals surface area contributed by atoms with Crippen LogP contribution in [0.25, 0.3) is 0 Å². The fraction of sp³-hybridized carbons (Fsp3) is 0.667. The summed E-state index contributed by atoms with van der Waals surface area (Å²) >= 11 is 0. The van der Waals surface area contributed by atoms with Gasteiger partial charge in [0.1, 0.15) is 0 Å². The van der Waals surface area contributed by atoms with E-state index in [0.29, 0.717) is 51.4 Å². The molecular formula is C48H58F6N2O8. The maximum absolute atomic E-state index is 15.4. The van der Waals surface area contributed by atoms with Crippen LogP contribution in [-0.2, 0) is 51.6 Å². The van der Waals surface area contributed by atoms with E-state index in [1.165, 1.54) is 0 Å². The second-order valence-corrected chi connectivity index (χ2v) is 20.0. The van der Waals surface area contributed by atoms with Crippen molar-refractivity contribution in [3.8, 4) is 0 Å². The van der Waals surface area contributed by atoms with Gasteiger partial charge in [-0.25, -0.2) is 19.6 Å². The van der Waals surface area contributed by atoms with Gasteiger partial charge >= 0.3 is 12.4 Å². The third-order valence-electron chi connectivity index (χ3n) is 15.8. The smallest absolute Gasteiger partial charge is 0.449 e. The van der Waals surface area contributed by atoms with Crippen LogP contribution in [0.15, 0.2) is 83.3 Å². The Morgan fingerprint density at radius 2 is 0.922 bits per heavy atom. The van der Waals surface area contributed by atoms with E-state index in [-0.39, 0.29) is 74.1 Å². The second-order valence-electron chi connectivity index (χ2n) is 20.0. The molecule has 0 radical (unpaired) electrons. The van der Waals surface area contributed by atoms with Crippen LogP contribution in [0.2, 0.25) is 0 Å². The minimum atomic E-state index is -4.85. The Morgan fingerprint density at radius 3 is 1.30 bits per heavy atom. The highest BCUT2D eigenvalue weighted by molar-refractivity contribution is 5.31. The molecule has 8 heterocycles. The van der Waals surface area contributed by atoms with Crippen LogP contribution in [0.5, 0.6) is 0 Å². The summed E-state index contributed by atoms with van der Waals surface area (Å²) in [5.41, 5.74) is -0.737. The van der Waals surface area contributed by atoms with E-state index >= 15 is 26.3 Å². The van der Waals surface area contributed by atoms with Gasteiger partial charge in [0.15, 0.2) is 11.2 Å². The van der Waals surface area contributed by atoms with Gasteiger partial charge in [-0.1, -0.05) is 74.5 Å². The third-order valence-corrected chi connectivity index (χ3v) is 15.8. The number of hydrogen-bond acceptors (Lipinski definition) is 10. The number of halogens is 6. The van der Waals surface area contributed by atoms with E-state index in [1.54, 1.807) is 13.8 Å². The number of rotatable bonds is 11. The Balaban J connectivity index is 1.02. The minimum Gasteiger partial charge on any atom is -0.456 e. The Hall–Kier alpha value is -3.22. The lowest BCUT2D eigenvalue weighted by molar-refractivity contribution is -0.557. The first-order chi connectivity index (χ1) is 30.4. The number of nitrogens with zero attached hydrogens (tertiary/aromatic N) is 2. The van der Waals surface area contributed by atoms with E-state index in [4.69, 9.17) is 38.5 Å². The van der Waals surface area contributed by atoms with E-state index in [0.717, 1.165) is 11.1 Å². The van der Waals surface area contributed by atoms with Crippen LogP contribution in [0.4, 0.5) is 26.3 Å². The highest BCUT2D eigenvalue weighted by atomic mass is 19.4. The summed E-state index contributed by atoms with van der Waals surface area (Å²) < 4.78 is 117. The first-order valence-electron chi connectivity index (χ1n) is 23.0. The molecule has 6 saturated heterocycles. The van der Waals surface area contributed by atoms with E-state index < -0.39 is 71.1 Å². The van der Waals surface area contributed by atoms with E-state index in [1.807, 2.05) is 70.5 Å². The van der Waals surface area contributed by atoms with Gasteiger partial charge in [0, 0.05) is 75.8 Å². The van der Waals surface area contributed by atoms with Gasteiger partial charge in [0.25, 0.3) is 0 Å². The summed E-state index contributed by atoms with van der Waals surface area (Å²) in [7, 11) is 0. The Morgan fingerprint density at radius 1 is 0.531 bits per heavy atom. The predicted octanol–water partition coefficient (Wildman–Crippen LogP) is 10.1. The first-order valence-corrected chi connectivity index (χ1v) is 23.0. The SMILES string of the molecule is C[C@@H]1CC[C@H]2C(CN(CCN(CC3=C(C(F)(F)F)O[C@@H]4O[C@@]5(C)CCC6[C@H](C)CC[C@@H]3[C@]64OO5)Cc3ccccc3)Cc3ccccc3)=C(C(F)(F)F)O[C@@H]3O[C@@]4(C)CCC1[C@]32OO4. The standard InChI is InChI=1S/C48H58F6N2O8/c1-29-15-17-37-33(39(47(49,50)51)57-41-45(37)35(29)19-21-43(3,59-41)61-63-45)27-55(25-31-11-7-5-8-12-31)23-24-56(26-32-13-9-6-10-14-32)28-34-38-18-16-30(2)36-20-22-44(4)60-42(46(36,38)64-62-44)58-40(34)48(52,53)54/h5-14,29-30,35-38,41-42H,15-28H2,1-4H3/t29-,30-,35?,36?,37+,38+,41-,42-,43-,44-,45-,46-/m1/s1. The third kappa shape index (κ3) is 7.69. The summed E-state index contributed by atoms with van der Waals surface area (Å²) in [6, 6.07) is 18.9. The van der Waals surface area contributed by atoms with Crippen molar-refractivity contribution in [1.29, 1.82) is 0 Å². The molecule has 0 amide bonds. The van der Waals surface area contributed by atoms with Gasteiger partial charge in [0.05, 0.1) is 0 Å². The first kappa shape index (κ1) is 44.6. The summed E-state index contributed by atoms with van der Waals surface area (Å²) in [6.45, 7) is 8.17. The molecule has 2 saturated carbocycles. The highest BCUT2D eigenvalue weighted by Crippen LogP contribution is 2.63. The van der Waals surface area contributed by atoms with Crippen LogP contribution in [-0.4, -0.2) is 83.7 Å². The van der Waals surface area contributed by atoms with Gasteiger partial charge in [-0.3, -0.25) is 9.80 Å². The quantitative estimate of drug-likeness (QED) is 0.161. The second kappa shape index (κ2) is 16.2. The molecule has 12 atom stereocenters. The largest absolute Gasteiger partial charge is 0.456 e. The molecular weight excluding hydrogens is 847 g/mol. The van der Waals surface area contributed by atoms with Crippen LogP contribution < -0.4 is 0 Å². The maximum Gasteiger partial charge on any atom is 0.449 e. The van der Waals surface area contributed by atoms with Crippen molar-refractivity contribution in [1.82, 2.24) is 9.80 Å². The Bertz CT molecular complexity index is 1960. The fourth-order valence-electron chi connectivity index (χ4n) is 12.7. The molecule has 2 spiro atoms. The molecule has 10 nitrogen and oxygen atoms in total. The van der Waals surface area contributed by atoms with Crippen molar-refractivity contribution in [3.05, 3.63) is 94.5 Å². The lowest BCUT2D eigenvalue weighted by Gasteiger charge is -2.58. The van der Waals surface area contributed by atoms with Gasteiger partial charge in [0.2, 0.25) is 35.7 Å². The van der Waals surface area contributed by atoms with Crippen molar-refractivity contribution in [2.75, 3.05) is 26.2 Å². The molecule has 0 N–H and O–H groups in total. The Labute approximate surface area is 369 Å². The van der Waals surface area contributed by atoms with E-state index in [2.05, 4.69) is 13.8 Å². The van der Waals surface area contributed by atoms with Crippen LogP contribution in [0.1, 0.15) is 90.2 Å². The topological polar surface area (TPSA) is 80.3 Å². The molecule has 8 aliphatic heterocycles. The van der Waals surface area contributed by atoms with E-state index in [9.17, 15) is 0 Å². The number of benzene rings is 2. The number of ether oxygens (including phenoxy) is 4. The van der Waals surface area contributed by atoms with Gasteiger partial charge in [-0.05, 0) is 86.5 Å². The fourth-order valence-corrected chi connectivity index (χ4v) is 12.7. The van der Waals surface area contributed by atoms with Crippen LogP contribution >= 0.6 is 0 Å². The van der Waals surface area contributed by atoms with Crippen LogP contribution in [0.3, 0.4) is 0 Å². The van der Waals surface area contributed by atoms with Gasteiger partial charge in [-0.15, -0.1) is 0 Å². The number of hydrogen-bond donors (Lipinski definition) is 0. The molecule has 2 unspecified atom stereocenters. The lowest BCUT2D eigenvalue weighted by atomic mass is 9.59. The highest BCUT2D eigenvalue weighted by Gasteiger charge is 2.72. The maximum atomic E-state index is 15.4. The van der Waals surface area contributed by atoms with Crippen molar-refractivity contribution in [2.45, 2.75) is 140 Å². The zero-order valence-electron chi connectivity index (χ0n) is 36.7. The monoisotopic (exact) mass is 904 g/mol. The van der Waals surface area contributed by atoms with Crippen molar-refractivity contribution in [3.63, 3.8) is 0 Å². The molecule has 64 heavy (non-hydrogen) atoms. The molecule has 16 heteroatoms. The molecule has 2 aromatic rings. The zero-order chi connectivity index (χ0) is 44.9. The van der Waals surface area contributed by atoms with Gasteiger partial charge < -0.3 is 18.9 Å². The molecule has 10 aliphatic rings.